The molecule has 1 N–H and O–H groups in total. The van der Waals surface area contributed by atoms with Gasteiger partial charge >= 0.3 is 5.97 Å². The second kappa shape index (κ2) is 8.91. The van der Waals surface area contributed by atoms with Crippen molar-refractivity contribution in [2.75, 3.05) is 19.8 Å². The monoisotopic (exact) mass is 404 g/mol. The number of hydrogen-bond acceptors (Lipinski definition) is 5. The van der Waals surface area contributed by atoms with Crippen molar-refractivity contribution in [3.05, 3.63) is 89.5 Å². The zero-order valence-corrected chi connectivity index (χ0v) is 16.8. The van der Waals surface area contributed by atoms with Crippen LogP contribution in [0, 0.1) is 0 Å². The summed E-state index contributed by atoms with van der Waals surface area (Å²) in [7, 11) is 0. The lowest BCUT2D eigenvalue weighted by Crippen LogP contribution is -2.25. The fourth-order valence-electron chi connectivity index (χ4n) is 3.92. The Hall–Kier alpha value is -3.47. The third-order valence-corrected chi connectivity index (χ3v) is 5.28. The van der Waals surface area contributed by atoms with E-state index in [1.165, 1.54) is 5.56 Å². The van der Waals surface area contributed by atoms with E-state index in [9.17, 15) is 9.90 Å². The van der Waals surface area contributed by atoms with Crippen LogP contribution in [0.1, 0.15) is 35.4 Å². The van der Waals surface area contributed by atoms with Gasteiger partial charge in [0.1, 0.15) is 17.2 Å². The summed E-state index contributed by atoms with van der Waals surface area (Å²) >= 11 is 0. The first-order chi connectivity index (χ1) is 14.7. The Morgan fingerprint density at radius 2 is 1.80 bits per heavy atom. The summed E-state index contributed by atoms with van der Waals surface area (Å²) in [5.41, 5.74) is 3.22. The van der Waals surface area contributed by atoms with E-state index in [4.69, 9.17) is 14.2 Å². The molecule has 0 aromatic heterocycles. The molecule has 2 unspecified atom stereocenters. The lowest BCUT2D eigenvalue weighted by atomic mass is 9.76. The van der Waals surface area contributed by atoms with Crippen molar-refractivity contribution in [3.8, 4) is 17.2 Å². The van der Waals surface area contributed by atoms with E-state index in [-0.39, 0.29) is 30.2 Å². The lowest BCUT2D eigenvalue weighted by molar-refractivity contribution is -0.145. The number of phenolic OH excluding ortho intramolecular Hbond substituents is 1. The molecule has 2 atom stereocenters. The van der Waals surface area contributed by atoms with Gasteiger partial charge in [0, 0.05) is 17.4 Å². The molecule has 0 bridgehead atoms. The summed E-state index contributed by atoms with van der Waals surface area (Å²) in [5, 5.41) is 10.1. The number of benzene rings is 3. The first-order valence-corrected chi connectivity index (χ1v) is 10.0. The highest BCUT2D eigenvalue weighted by molar-refractivity contribution is 5.71. The minimum Gasteiger partial charge on any atom is -0.508 e. The summed E-state index contributed by atoms with van der Waals surface area (Å²) < 4.78 is 16.4. The standard InChI is InChI=1S/C25H24O5/c1-2-28-24(27)16-29-20-11-8-18(9-12-20)25-21-14-19(26)10-13-23(21)30-15-22(25)17-6-4-3-5-7-17/h3-14,22,25-26H,2,15-16H2,1H3. The van der Waals surface area contributed by atoms with Gasteiger partial charge in [0.25, 0.3) is 0 Å². The molecular formula is C25H24O5. The van der Waals surface area contributed by atoms with E-state index >= 15 is 0 Å². The van der Waals surface area contributed by atoms with Crippen molar-refractivity contribution >= 4 is 5.97 Å². The Labute approximate surface area is 175 Å². The normalized spacial score (nSPS) is 17.5. The number of ether oxygens (including phenoxy) is 3. The highest BCUT2D eigenvalue weighted by atomic mass is 16.6. The molecule has 0 spiro atoms. The van der Waals surface area contributed by atoms with Crippen molar-refractivity contribution in [3.63, 3.8) is 0 Å². The third kappa shape index (κ3) is 4.25. The molecule has 154 valence electrons. The van der Waals surface area contributed by atoms with Crippen LogP contribution < -0.4 is 9.47 Å². The Morgan fingerprint density at radius 3 is 2.53 bits per heavy atom. The molecule has 1 aliphatic heterocycles. The molecule has 3 aromatic carbocycles. The number of rotatable bonds is 6. The zero-order valence-electron chi connectivity index (χ0n) is 16.8. The maximum Gasteiger partial charge on any atom is 0.344 e. The van der Waals surface area contributed by atoms with E-state index in [0.29, 0.717) is 19.0 Å². The van der Waals surface area contributed by atoms with Gasteiger partial charge in [0.15, 0.2) is 6.61 Å². The third-order valence-electron chi connectivity index (χ3n) is 5.28. The maximum absolute atomic E-state index is 11.5. The predicted molar refractivity (Wildman–Crippen MR) is 113 cm³/mol. The highest BCUT2D eigenvalue weighted by Crippen LogP contribution is 2.47. The Kier molecular flexibility index (Phi) is 5.89. The van der Waals surface area contributed by atoms with Crippen molar-refractivity contribution in [2.24, 2.45) is 0 Å². The Morgan fingerprint density at radius 1 is 1.03 bits per heavy atom. The molecule has 5 heteroatoms. The van der Waals surface area contributed by atoms with Crippen LogP contribution >= 0.6 is 0 Å². The van der Waals surface area contributed by atoms with Crippen LogP contribution in [0.15, 0.2) is 72.8 Å². The van der Waals surface area contributed by atoms with E-state index in [0.717, 1.165) is 16.9 Å². The van der Waals surface area contributed by atoms with Gasteiger partial charge in [-0.1, -0.05) is 42.5 Å². The summed E-state index contributed by atoms with van der Waals surface area (Å²) in [5.74, 6) is 1.33. The van der Waals surface area contributed by atoms with Gasteiger partial charge in [0.2, 0.25) is 0 Å². The predicted octanol–water partition coefficient (Wildman–Crippen LogP) is 4.64. The summed E-state index contributed by atoms with van der Waals surface area (Å²) in [6.07, 6.45) is 0. The van der Waals surface area contributed by atoms with Gasteiger partial charge in [-0.2, -0.15) is 0 Å². The van der Waals surface area contributed by atoms with Gasteiger partial charge in [-0.15, -0.1) is 0 Å². The van der Waals surface area contributed by atoms with Crippen LogP contribution in [-0.4, -0.2) is 30.9 Å². The van der Waals surface area contributed by atoms with Crippen LogP contribution in [-0.2, 0) is 9.53 Å². The molecule has 0 fully saturated rings. The maximum atomic E-state index is 11.5. The quantitative estimate of drug-likeness (QED) is 0.606. The van der Waals surface area contributed by atoms with E-state index < -0.39 is 0 Å². The fraction of sp³-hybridized carbons (Fsp3) is 0.240. The Balaban J connectivity index is 1.65. The van der Waals surface area contributed by atoms with Crippen LogP contribution in [0.25, 0.3) is 0 Å². The fourth-order valence-corrected chi connectivity index (χ4v) is 3.92. The van der Waals surface area contributed by atoms with Crippen molar-refractivity contribution in [1.82, 2.24) is 0 Å². The van der Waals surface area contributed by atoms with Crippen molar-refractivity contribution in [1.29, 1.82) is 0 Å². The van der Waals surface area contributed by atoms with Crippen LogP contribution in [0.2, 0.25) is 0 Å². The summed E-state index contributed by atoms with van der Waals surface area (Å²) in [4.78, 5) is 11.5. The Bertz CT molecular complexity index is 998. The molecule has 0 amide bonds. The van der Waals surface area contributed by atoms with Gasteiger partial charge in [-0.05, 0) is 48.4 Å². The molecule has 0 saturated heterocycles. The SMILES string of the molecule is CCOC(=O)COc1ccc(C2c3cc(O)ccc3OCC2c2ccccc2)cc1. The largest absolute Gasteiger partial charge is 0.508 e. The topological polar surface area (TPSA) is 65.0 Å². The first kappa shape index (κ1) is 19.8. The minimum atomic E-state index is -0.389. The average molecular weight is 404 g/mol. The zero-order chi connectivity index (χ0) is 20.9. The molecule has 30 heavy (non-hydrogen) atoms. The molecule has 4 rings (SSSR count). The van der Waals surface area contributed by atoms with Crippen LogP contribution in [0.3, 0.4) is 0 Å². The molecule has 5 nitrogen and oxygen atoms in total. The van der Waals surface area contributed by atoms with Crippen molar-refractivity contribution < 1.29 is 24.1 Å². The van der Waals surface area contributed by atoms with E-state index in [2.05, 4.69) is 12.1 Å². The van der Waals surface area contributed by atoms with Crippen LogP contribution in [0.4, 0.5) is 0 Å². The van der Waals surface area contributed by atoms with Gasteiger partial charge in [-0.3, -0.25) is 0 Å². The number of phenols is 1. The molecule has 1 heterocycles. The number of esters is 1. The second-order valence-electron chi connectivity index (χ2n) is 7.19. The summed E-state index contributed by atoms with van der Waals surface area (Å²) in [6.45, 7) is 2.53. The van der Waals surface area contributed by atoms with Gasteiger partial charge < -0.3 is 19.3 Å². The van der Waals surface area contributed by atoms with Crippen LogP contribution in [0.5, 0.6) is 17.2 Å². The molecule has 0 aliphatic carbocycles. The first-order valence-electron chi connectivity index (χ1n) is 10.0. The molecule has 1 aliphatic rings. The van der Waals surface area contributed by atoms with Crippen molar-refractivity contribution in [2.45, 2.75) is 18.8 Å². The van der Waals surface area contributed by atoms with E-state index in [1.807, 2.05) is 48.5 Å². The number of fused-ring (bicyclic) bond motifs is 1. The number of aromatic hydroxyl groups is 1. The van der Waals surface area contributed by atoms with Gasteiger partial charge in [0.05, 0.1) is 13.2 Å². The lowest BCUT2D eigenvalue weighted by Gasteiger charge is -2.34. The minimum absolute atomic E-state index is 0.0161. The second-order valence-corrected chi connectivity index (χ2v) is 7.19. The average Bonchev–Trinajstić information content (AvgIpc) is 2.78. The molecular weight excluding hydrogens is 380 g/mol. The highest BCUT2D eigenvalue weighted by Gasteiger charge is 2.33. The summed E-state index contributed by atoms with van der Waals surface area (Å²) in [6, 6.07) is 23.2. The molecule has 3 aromatic rings. The molecule has 0 radical (unpaired) electrons. The van der Waals surface area contributed by atoms with Gasteiger partial charge in [-0.25, -0.2) is 4.79 Å². The number of carbonyl (C=O) groups is 1. The number of hydrogen-bond donors (Lipinski definition) is 1. The smallest absolute Gasteiger partial charge is 0.344 e. The number of carbonyl (C=O) groups excluding carboxylic acids is 1. The van der Waals surface area contributed by atoms with E-state index in [1.54, 1.807) is 19.1 Å². The molecule has 0 saturated carbocycles.